The van der Waals surface area contributed by atoms with Crippen LogP contribution in [0, 0.1) is 0 Å². The lowest BCUT2D eigenvalue weighted by Crippen LogP contribution is -2.33. The van der Waals surface area contributed by atoms with Crippen LogP contribution < -0.4 is 10.6 Å². The van der Waals surface area contributed by atoms with Crippen molar-refractivity contribution in [2.45, 2.75) is 18.9 Å². The van der Waals surface area contributed by atoms with Gasteiger partial charge in [0.15, 0.2) is 9.84 Å². The molecule has 1 saturated heterocycles. The van der Waals surface area contributed by atoms with Gasteiger partial charge in [-0.2, -0.15) is 0 Å². The molecular weight excluding hydrogens is 284 g/mol. The normalized spacial score (nSPS) is 21.5. The van der Waals surface area contributed by atoms with Crippen LogP contribution in [0.2, 0.25) is 5.02 Å². The second kappa shape index (κ2) is 5.69. The molecule has 106 valence electrons. The molecule has 1 unspecified atom stereocenters. The Labute approximate surface area is 119 Å². The zero-order valence-corrected chi connectivity index (χ0v) is 12.5. The van der Waals surface area contributed by atoms with E-state index in [4.69, 9.17) is 17.3 Å². The average molecular weight is 303 g/mol. The molecule has 0 radical (unpaired) electrons. The molecule has 0 spiro atoms. The van der Waals surface area contributed by atoms with Gasteiger partial charge in [0.25, 0.3) is 0 Å². The number of halogens is 1. The third-order valence-corrected chi connectivity index (χ3v) is 5.58. The summed E-state index contributed by atoms with van der Waals surface area (Å²) in [4.78, 5) is 2.05. The maximum absolute atomic E-state index is 11.6. The monoisotopic (exact) mass is 302 g/mol. The summed E-state index contributed by atoms with van der Waals surface area (Å²) in [5.41, 5.74) is 7.71. The van der Waals surface area contributed by atoms with Crippen LogP contribution in [0.4, 0.5) is 5.69 Å². The maximum atomic E-state index is 11.6. The maximum Gasteiger partial charge on any atom is 0.152 e. The third kappa shape index (κ3) is 3.41. The number of nitrogens with two attached hydrogens (primary N) is 1. The second-order valence-electron chi connectivity index (χ2n) is 4.98. The van der Waals surface area contributed by atoms with Crippen molar-refractivity contribution in [2.75, 3.05) is 30.0 Å². The first-order valence-electron chi connectivity index (χ1n) is 6.35. The first-order chi connectivity index (χ1) is 8.93. The van der Waals surface area contributed by atoms with E-state index in [0.717, 1.165) is 17.7 Å². The zero-order valence-electron chi connectivity index (χ0n) is 11.0. The van der Waals surface area contributed by atoms with Gasteiger partial charge in [0.05, 0.1) is 11.5 Å². The molecule has 0 bridgehead atoms. The van der Waals surface area contributed by atoms with E-state index in [-0.39, 0.29) is 17.5 Å². The van der Waals surface area contributed by atoms with Gasteiger partial charge in [0.1, 0.15) is 0 Å². The van der Waals surface area contributed by atoms with Gasteiger partial charge < -0.3 is 10.6 Å². The summed E-state index contributed by atoms with van der Waals surface area (Å²) in [6.07, 6.45) is 1.42. The number of hydrogen-bond donors (Lipinski definition) is 1. The highest BCUT2D eigenvalue weighted by Gasteiger charge is 2.31. The Morgan fingerprint density at radius 2 is 2.21 bits per heavy atom. The van der Waals surface area contributed by atoms with Crippen molar-refractivity contribution >= 4 is 27.1 Å². The van der Waals surface area contributed by atoms with E-state index in [2.05, 4.69) is 0 Å². The molecule has 2 N–H and O–H groups in total. The van der Waals surface area contributed by atoms with Crippen molar-refractivity contribution in [1.29, 1.82) is 0 Å². The fourth-order valence-electron chi connectivity index (χ4n) is 2.53. The summed E-state index contributed by atoms with van der Waals surface area (Å²) in [6.45, 7) is 0.546. The lowest BCUT2D eigenvalue weighted by atomic mass is 10.1. The summed E-state index contributed by atoms with van der Waals surface area (Å²) in [5, 5.41) is 0.680. The zero-order chi connectivity index (χ0) is 14.0. The summed E-state index contributed by atoms with van der Waals surface area (Å²) in [7, 11) is -0.935. The highest BCUT2D eigenvalue weighted by atomic mass is 35.5. The molecule has 0 aliphatic carbocycles. The van der Waals surface area contributed by atoms with Crippen LogP contribution in [0.15, 0.2) is 18.2 Å². The molecule has 0 saturated carbocycles. The van der Waals surface area contributed by atoms with Gasteiger partial charge in [-0.1, -0.05) is 11.6 Å². The Balaban J connectivity index is 2.26. The number of nitrogens with zero attached hydrogens (tertiary/aromatic N) is 1. The van der Waals surface area contributed by atoms with E-state index in [1.165, 1.54) is 0 Å². The molecule has 0 aromatic heterocycles. The molecule has 1 atom stereocenters. The van der Waals surface area contributed by atoms with E-state index >= 15 is 0 Å². The van der Waals surface area contributed by atoms with Gasteiger partial charge in [0.2, 0.25) is 0 Å². The molecule has 0 amide bonds. The van der Waals surface area contributed by atoms with Crippen LogP contribution in [0.3, 0.4) is 0 Å². The predicted octanol–water partition coefficient (Wildman–Crippen LogP) is 1.46. The van der Waals surface area contributed by atoms with Crippen molar-refractivity contribution < 1.29 is 8.42 Å². The van der Waals surface area contributed by atoms with Crippen LogP contribution in [-0.2, 0) is 16.3 Å². The number of sulfone groups is 1. The number of rotatable bonds is 4. The Bertz CT molecular complexity index is 560. The first-order valence-corrected chi connectivity index (χ1v) is 8.54. The van der Waals surface area contributed by atoms with Gasteiger partial charge >= 0.3 is 0 Å². The Morgan fingerprint density at radius 3 is 2.79 bits per heavy atom. The molecule has 19 heavy (non-hydrogen) atoms. The smallest absolute Gasteiger partial charge is 0.152 e. The summed E-state index contributed by atoms with van der Waals surface area (Å²) in [5.74, 6) is 0.510. The summed E-state index contributed by atoms with van der Waals surface area (Å²) < 4.78 is 23.1. The van der Waals surface area contributed by atoms with Crippen molar-refractivity contribution in [2.24, 2.45) is 5.73 Å². The minimum Gasteiger partial charge on any atom is -0.370 e. The summed E-state index contributed by atoms with van der Waals surface area (Å²) >= 11 is 6.01. The molecular formula is C13H19ClN2O2S. The highest BCUT2D eigenvalue weighted by Crippen LogP contribution is 2.28. The molecule has 1 heterocycles. The topological polar surface area (TPSA) is 63.4 Å². The predicted molar refractivity (Wildman–Crippen MR) is 79.7 cm³/mol. The molecule has 4 nitrogen and oxygen atoms in total. The molecule has 1 fully saturated rings. The van der Waals surface area contributed by atoms with Crippen LogP contribution in [0.1, 0.15) is 12.0 Å². The number of hydrogen-bond acceptors (Lipinski definition) is 4. The van der Waals surface area contributed by atoms with Gasteiger partial charge in [-0.25, -0.2) is 8.42 Å². The SMILES string of the molecule is CN(c1ccc(Cl)cc1CCN)C1CCS(=O)(=O)C1. The van der Waals surface area contributed by atoms with E-state index < -0.39 is 9.84 Å². The van der Waals surface area contributed by atoms with E-state index in [0.29, 0.717) is 18.0 Å². The molecule has 1 aliphatic heterocycles. The first kappa shape index (κ1) is 14.6. The van der Waals surface area contributed by atoms with E-state index in [1.807, 2.05) is 30.1 Å². The molecule has 1 aromatic carbocycles. The van der Waals surface area contributed by atoms with Crippen molar-refractivity contribution in [1.82, 2.24) is 0 Å². The Hall–Kier alpha value is -0.780. The van der Waals surface area contributed by atoms with E-state index in [9.17, 15) is 8.42 Å². The third-order valence-electron chi connectivity index (χ3n) is 3.59. The van der Waals surface area contributed by atoms with E-state index in [1.54, 1.807) is 0 Å². The minimum absolute atomic E-state index is 0.0442. The molecule has 1 aromatic rings. The van der Waals surface area contributed by atoms with Gasteiger partial charge in [-0.3, -0.25) is 0 Å². The molecule has 2 rings (SSSR count). The molecule has 1 aliphatic rings. The van der Waals surface area contributed by atoms with Crippen LogP contribution in [-0.4, -0.2) is 39.6 Å². The van der Waals surface area contributed by atoms with Crippen molar-refractivity contribution in [3.05, 3.63) is 28.8 Å². The van der Waals surface area contributed by atoms with Gasteiger partial charge in [0, 0.05) is 23.8 Å². The van der Waals surface area contributed by atoms with Gasteiger partial charge in [-0.05, 0) is 43.1 Å². The minimum atomic E-state index is -2.87. The van der Waals surface area contributed by atoms with Crippen LogP contribution >= 0.6 is 11.6 Å². The lowest BCUT2D eigenvalue weighted by Gasteiger charge is -2.28. The number of benzene rings is 1. The summed E-state index contributed by atoms with van der Waals surface area (Å²) in [6, 6.07) is 5.72. The lowest BCUT2D eigenvalue weighted by molar-refractivity contribution is 0.600. The number of anilines is 1. The Kier molecular flexibility index (Phi) is 4.38. The fourth-order valence-corrected chi connectivity index (χ4v) is 4.50. The second-order valence-corrected chi connectivity index (χ2v) is 7.64. The average Bonchev–Trinajstić information content (AvgIpc) is 2.70. The highest BCUT2D eigenvalue weighted by molar-refractivity contribution is 7.91. The quantitative estimate of drug-likeness (QED) is 0.915. The largest absolute Gasteiger partial charge is 0.370 e. The van der Waals surface area contributed by atoms with Gasteiger partial charge in [-0.15, -0.1) is 0 Å². The van der Waals surface area contributed by atoms with Crippen LogP contribution in [0.25, 0.3) is 0 Å². The Morgan fingerprint density at radius 1 is 1.47 bits per heavy atom. The fraction of sp³-hybridized carbons (Fsp3) is 0.538. The van der Waals surface area contributed by atoms with Crippen molar-refractivity contribution in [3.63, 3.8) is 0 Å². The van der Waals surface area contributed by atoms with Crippen LogP contribution in [0.5, 0.6) is 0 Å². The van der Waals surface area contributed by atoms with Crippen molar-refractivity contribution in [3.8, 4) is 0 Å². The molecule has 6 heteroatoms. The standard InChI is InChI=1S/C13H19ClN2O2S/c1-16(12-5-7-19(17,18)9-12)13-3-2-11(14)8-10(13)4-6-15/h2-3,8,12H,4-7,9,15H2,1H3.